The van der Waals surface area contributed by atoms with Gasteiger partial charge in [-0.05, 0) is 47.3 Å². The van der Waals surface area contributed by atoms with Crippen LogP contribution in [0.1, 0.15) is 198 Å². The molecule has 0 saturated carbocycles. The summed E-state index contributed by atoms with van der Waals surface area (Å²) in [6.45, 7) is 19.1. The second-order valence-electron chi connectivity index (χ2n) is 25.8. The maximum absolute atomic E-state index is 13.3. The van der Waals surface area contributed by atoms with Crippen LogP contribution < -0.4 is 0 Å². The van der Waals surface area contributed by atoms with Crippen molar-refractivity contribution >= 4 is 11.9 Å². The van der Waals surface area contributed by atoms with Gasteiger partial charge in [0.1, 0.15) is 92.6 Å². The minimum atomic E-state index is -2.01. The number of hydrogen-bond acceptors (Lipinski definition) is 20. The number of hydrogen-bond donors (Lipinski definition) is 10. The summed E-state index contributed by atoms with van der Waals surface area (Å²) in [7, 11) is 0. The van der Waals surface area contributed by atoms with E-state index in [2.05, 4.69) is 55.4 Å². The van der Waals surface area contributed by atoms with E-state index < -0.39 is 143 Å². The molecule has 0 aromatic carbocycles. The van der Waals surface area contributed by atoms with Crippen LogP contribution in [0.15, 0.2) is 0 Å². The zero-order chi connectivity index (χ0) is 60.3. The summed E-state index contributed by atoms with van der Waals surface area (Å²) in [5.41, 5.74) is 0. The van der Waals surface area contributed by atoms with E-state index in [1.807, 2.05) is 13.8 Å². The third-order valence-electron chi connectivity index (χ3n) is 16.8. The normalized spacial score (nSPS) is 31.8. The lowest BCUT2D eigenvalue weighted by Crippen LogP contribution is -2.66. The second kappa shape index (κ2) is 39.2. The Labute approximate surface area is 485 Å². The minimum Gasteiger partial charge on any atom is -0.463 e. The molecule has 3 heterocycles. The molecule has 21 atom stereocenters. The molecule has 20 heteroatoms. The van der Waals surface area contributed by atoms with Crippen LogP contribution >= 0.6 is 0 Å². The lowest BCUT2D eigenvalue weighted by Gasteiger charge is -2.48. The molecular formula is C61H114O20. The van der Waals surface area contributed by atoms with Crippen molar-refractivity contribution < 1.29 is 98.5 Å². The molecule has 3 aliphatic rings. The second-order valence-corrected chi connectivity index (χ2v) is 25.8. The van der Waals surface area contributed by atoms with Crippen molar-refractivity contribution in [2.24, 2.45) is 47.3 Å². The average Bonchev–Trinajstić information content (AvgIpc) is 3.42. The zero-order valence-electron chi connectivity index (χ0n) is 51.1. The minimum absolute atomic E-state index is 0.0302. The van der Waals surface area contributed by atoms with E-state index >= 15 is 0 Å². The van der Waals surface area contributed by atoms with Crippen molar-refractivity contribution in [3.8, 4) is 0 Å². The molecule has 0 aliphatic carbocycles. The Morgan fingerprint density at radius 3 is 1.01 bits per heavy atom. The van der Waals surface area contributed by atoms with Crippen molar-refractivity contribution in [2.45, 2.75) is 296 Å². The van der Waals surface area contributed by atoms with Crippen LogP contribution in [0.3, 0.4) is 0 Å². The first-order valence-corrected chi connectivity index (χ1v) is 31.2. The summed E-state index contributed by atoms with van der Waals surface area (Å²) in [4.78, 5) is 26.6. The number of carbonyl (C=O) groups is 2. The Balaban J connectivity index is 1.60. The molecule has 81 heavy (non-hydrogen) atoms. The van der Waals surface area contributed by atoms with Gasteiger partial charge in [-0.3, -0.25) is 9.59 Å². The summed E-state index contributed by atoms with van der Waals surface area (Å²) in [6, 6.07) is 0. The van der Waals surface area contributed by atoms with Crippen molar-refractivity contribution in [1.82, 2.24) is 0 Å². The van der Waals surface area contributed by atoms with Gasteiger partial charge in [-0.15, -0.1) is 0 Å². The molecule has 3 fully saturated rings. The number of esters is 2. The lowest BCUT2D eigenvalue weighted by atomic mass is 9.91. The van der Waals surface area contributed by atoms with Gasteiger partial charge in [0.05, 0.1) is 19.8 Å². The highest BCUT2D eigenvalue weighted by Crippen LogP contribution is 2.34. The van der Waals surface area contributed by atoms with E-state index in [1.54, 1.807) is 0 Å². The molecule has 20 nitrogen and oxygen atoms in total. The van der Waals surface area contributed by atoms with Crippen LogP contribution in [0.4, 0.5) is 0 Å². The van der Waals surface area contributed by atoms with Gasteiger partial charge in [-0.1, -0.05) is 185 Å². The predicted molar refractivity (Wildman–Crippen MR) is 303 cm³/mol. The molecule has 0 amide bonds. The SMILES string of the molecule is CC(C)CCCC(C)CCCC(C)CCCC(C)CC(=O)OCC(COC(=O)CC(C)CCCC(C)CCCC(C)CCCC(C)C)O[C@@H]1O[C@H](CO)[C@@H](O[C@H]2O[C@H](CO)[C@@H](O[C@H]3O[C@H](CO)[C@@H](O)[C@H](O)[C@H]3O)[C@H](O)[C@H]2O)[C@H](O)[C@H]1O. The number of ether oxygens (including phenoxy) is 8. The van der Waals surface area contributed by atoms with Gasteiger partial charge in [0.15, 0.2) is 18.9 Å². The molecule has 3 aliphatic heterocycles. The van der Waals surface area contributed by atoms with Crippen LogP contribution in [0.5, 0.6) is 0 Å². The maximum Gasteiger partial charge on any atom is 0.306 e. The van der Waals surface area contributed by atoms with Crippen molar-refractivity contribution in [2.75, 3.05) is 33.0 Å². The number of aliphatic hydroxyl groups is 10. The van der Waals surface area contributed by atoms with Crippen molar-refractivity contribution in [3.05, 3.63) is 0 Å². The maximum atomic E-state index is 13.3. The molecule has 0 aromatic heterocycles. The van der Waals surface area contributed by atoms with Gasteiger partial charge in [0.2, 0.25) is 0 Å². The first-order valence-electron chi connectivity index (χ1n) is 31.2. The van der Waals surface area contributed by atoms with E-state index in [9.17, 15) is 60.7 Å². The third-order valence-corrected chi connectivity index (χ3v) is 16.8. The van der Waals surface area contributed by atoms with Crippen molar-refractivity contribution in [1.29, 1.82) is 0 Å². The predicted octanol–water partition coefficient (Wildman–Crippen LogP) is 5.84. The molecule has 0 spiro atoms. The Morgan fingerprint density at radius 2 is 0.667 bits per heavy atom. The topological polar surface area (TPSA) is 310 Å². The number of carbonyl (C=O) groups excluding carboxylic acids is 2. The number of rotatable bonds is 41. The third kappa shape index (κ3) is 26.8. The smallest absolute Gasteiger partial charge is 0.306 e. The fraction of sp³-hybridized carbons (Fsp3) is 0.967. The first kappa shape index (κ1) is 73.6. The molecule has 0 radical (unpaired) electrons. The van der Waals surface area contributed by atoms with E-state index in [0.717, 1.165) is 62.2 Å². The van der Waals surface area contributed by atoms with Crippen LogP contribution in [-0.4, -0.2) is 194 Å². The van der Waals surface area contributed by atoms with Crippen LogP contribution in [0, 0.1) is 47.3 Å². The van der Waals surface area contributed by atoms with Crippen LogP contribution in [-0.2, 0) is 47.5 Å². The number of aliphatic hydroxyl groups excluding tert-OH is 10. The Bertz CT molecular complexity index is 1590. The van der Waals surface area contributed by atoms with Gasteiger partial charge in [-0.2, -0.15) is 0 Å². The summed E-state index contributed by atoms with van der Waals surface area (Å²) in [5, 5.41) is 107. The Morgan fingerprint density at radius 1 is 0.370 bits per heavy atom. The molecule has 3 saturated heterocycles. The van der Waals surface area contributed by atoms with Crippen molar-refractivity contribution in [3.63, 3.8) is 0 Å². The van der Waals surface area contributed by atoms with Crippen LogP contribution in [0.2, 0.25) is 0 Å². The van der Waals surface area contributed by atoms with E-state index in [4.69, 9.17) is 37.9 Å². The quantitative estimate of drug-likeness (QED) is 0.0322. The fourth-order valence-electron chi connectivity index (χ4n) is 11.3. The standard InChI is InChI=1S/C61H114O20/c1-36(2)17-11-19-38(5)21-13-23-40(7)25-15-27-42(9)29-48(65)74-34-44(35-75-49(66)30-43(10)28-16-26-41(8)24-14-22-39(6)20-12-18-37(3)4)76-59-55(72)52(69)57(46(32-63)78-59)81-61-56(73)53(70)58(47(33-64)79-61)80-60-54(71)51(68)50(67)45(31-62)77-60/h36-47,50-64,67-73H,11-35H2,1-10H3/t38?,39?,40?,41?,42?,43?,44?,45-,46-,47-,50-,51+,52-,53-,54-,55-,56-,57-,58-,59-,60-,61-/m1/s1. The largest absolute Gasteiger partial charge is 0.463 e. The highest BCUT2D eigenvalue weighted by atomic mass is 16.8. The summed E-state index contributed by atoms with van der Waals surface area (Å²) in [5.74, 6) is 3.20. The highest BCUT2D eigenvalue weighted by Gasteiger charge is 2.54. The summed E-state index contributed by atoms with van der Waals surface area (Å²) in [6.07, 6.45) is -6.46. The van der Waals surface area contributed by atoms with Gasteiger partial charge in [-0.25, -0.2) is 0 Å². The Hall–Kier alpha value is -1.70. The van der Waals surface area contributed by atoms with Gasteiger partial charge >= 0.3 is 11.9 Å². The Kier molecular flexibility index (Phi) is 35.6. The lowest BCUT2D eigenvalue weighted by molar-refractivity contribution is -0.381. The van der Waals surface area contributed by atoms with Gasteiger partial charge in [0, 0.05) is 12.8 Å². The van der Waals surface area contributed by atoms with Gasteiger partial charge < -0.3 is 89.0 Å². The average molecular weight is 1170 g/mol. The summed E-state index contributed by atoms with van der Waals surface area (Å²) < 4.78 is 45.9. The van der Waals surface area contributed by atoms with Crippen LogP contribution in [0.25, 0.3) is 0 Å². The molecule has 10 N–H and O–H groups in total. The monoisotopic (exact) mass is 1170 g/mol. The fourth-order valence-corrected chi connectivity index (χ4v) is 11.3. The zero-order valence-corrected chi connectivity index (χ0v) is 51.1. The van der Waals surface area contributed by atoms with Gasteiger partial charge in [0.25, 0.3) is 0 Å². The van der Waals surface area contributed by atoms with E-state index in [1.165, 1.54) is 77.0 Å². The molecular weight excluding hydrogens is 1050 g/mol. The molecule has 3 rings (SSSR count). The molecule has 0 aromatic rings. The molecule has 478 valence electrons. The molecule has 0 bridgehead atoms. The first-order chi connectivity index (χ1) is 38.4. The van der Waals surface area contributed by atoms with E-state index in [0.29, 0.717) is 11.8 Å². The molecule has 6 unspecified atom stereocenters. The summed E-state index contributed by atoms with van der Waals surface area (Å²) >= 11 is 0. The van der Waals surface area contributed by atoms with E-state index in [-0.39, 0.29) is 24.7 Å². The highest BCUT2D eigenvalue weighted by molar-refractivity contribution is 5.70.